The highest BCUT2D eigenvalue weighted by Gasteiger charge is 2.37. The largest absolute Gasteiger partial charge is 0.453 e. The lowest BCUT2D eigenvalue weighted by molar-refractivity contribution is -0.144. The first kappa shape index (κ1) is 18.1. The number of para-hydroxylation sites is 1. The lowest BCUT2D eigenvalue weighted by atomic mass is 10.2. The van der Waals surface area contributed by atoms with Crippen LogP contribution >= 0.6 is 0 Å². The molecule has 4 rings (SSSR count). The molecule has 0 spiro atoms. The number of carbonyl (C=O) groups excluding carboxylic acids is 1. The van der Waals surface area contributed by atoms with Gasteiger partial charge in [0, 0.05) is 31.9 Å². The summed E-state index contributed by atoms with van der Waals surface area (Å²) in [6.45, 7) is 3.71. The summed E-state index contributed by atoms with van der Waals surface area (Å²) < 4.78 is 39.4. The number of anilines is 1. The molecule has 0 aliphatic carbocycles. The zero-order valence-corrected chi connectivity index (χ0v) is 14.9. The number of benzene rings is 1. The molecule has 1 aliphatic rings. The third kappa shape index (κ3) is 3.23. The Morgan fingerprint density at radius 2 is 1.71 bits per heavy atom. The van der Waals surface area contributed by atoms with Crippen LogP contribution in [-0.4, -0.2) is 61.8 Å². The van der Waals surface area contributed by atoms with Crippen LogP contribution in [0.2, 0.25) is 0 Å². The van der Waals surface area contributed by atoms with Gasteiger partial charge in [0.05, 0.1) is 5.69 Å². The van der Waals surface area contributed by atoms with Crippen molar-refractivity contribution in [3.8, 4) is 0 Å². The van der Waals surface area contributed by atoms with Crippen molar-refractivity contribution < 1.29 is 18.0 Å². The summed E-state index contributed by atoms with van der Waals surface area (Å²) in [6, 6.07) is 9.85. The SMILES string of the molecule is Cc1c(C(=O)N2CCN(c3ccccc3)CC2)nnc2nc(C(F)(F)F)nn12. The number of halogens is 3. The molecule has 0 bridgehead atoms. The molecule has 3 aromatic rings. The number of aromatic nitrogens is 5. The van der Waals surface area contributed by atoms with Gasteiger partial charge in [0.15, 0.2) is 5.69 Å². The van der Waals surface area contributed by atoms with Gasteiger partial charge in [-0.15, -0.1) is 15.3 Å². The van der Waals surface area contributed by atoms with Crippen LogP contribution in [0.15, 0.2) is 30.3 Å². The van der Waals surface area contributed by atoms with E-state index in [9.17, 15) is 18.0 Å². The quantitative estimate of drug-likeness (QED) is 0.663. The van der Waals surface area contributed by atoms with E-state index >= 15 is 0 Å². The van der Waals surface area contributed by atoms with E-state index in [0.717, 1.165) is 10.2 Å². The Morgan fingerprint density at radius 1 is 1.04 bits per heavy atom. The van der Waals surface area contributed by atoms with Crippen LogP contribution < -0.4 is 4.90 Å². The predicted molar refractivity (Wildman–Crippen MR) is 92.9 cm³/mol. The minimum Gasteiger partial charge on any atom is -0.368 e. The van der Waals surface area contributed by atoms with E-state index in [4.69, 9.17) is 0 Å². The van der Waals surface area contributed by atoms with Crippen LogP contribution in [-0.2, 0) is 6.18 Å². The van der Waals surface area contributed by atoms with Crippen LogP contribution in [0.5, 0.6) is 0 Å². The van der Waals surface area contributed by atoms with Crippen molar-refractivity contribution in [3.63, 3.8) is 0 Å². The first-order chi connectivity index (χ1) is 13.3. The molecule has 1 saturated heterocycles. The van der Waals surface area contributed by atoms with Crippen molar-refractivity contribution in [2.24, 2.45) is 0 Å². The molecular weight excluding hydrogens is 375 g/mol. The molecule has 0 radical (unpaired) electrons. The minimum absolute atomic E-state index is 0.0284. The number of piperazine rings is 1. The van der Waals surface area contributed by atoms with Crippen LogP contribution in [0.3, 0.4) is 0 Å². The van der Waals surface area contributed by atoms with Gasteiger partial charge in [0.25, 0.3) is 17.5 Å². The summed E-state index contributed by atoms with van der Waals surface area (Å²) >= 11 is 0. The number of alkyl halides is 3. The second-order valence-corrected chi connectivity index (χ2v) is 6.39. The smallest absolute Gasteiger partial charge is 0.368 e. The van der Waals surface area contributed by atoms with Gasteiger partial charge in [-0.2, -0.15) is 22.7 Å². The van der Waals surface area contributed by atoms with Gasteiger partial charge in [-0.25, -0.2) is 0 Å². The van der Waals surface area contributed by atoms with Crippen LogP contribution in [0, 0.1) is 6.92 Å². The van der Waals surface area contributed by atoms with E-state index in [2.05, 4.69) is 25.2 Å². The Kier molecular flexibility index (Phi) is 4.36. The van der Waals surface area contributed by atoms with Crippen molar-refractivity contribution in [2.75, 3.05) is 31.1 Å². The van der Waals surface area contributed by atoms with E-state index in [-0.39, 0.29) is 23.1 Å². The summed E-state index contributed by atoms with van der Waals surface area (Å²) in [5, 5.41) is 10.9. The van der Waals surface area contributed by atoms with E-state index in [0.29, 0.717) is 26.2 Å². The Morgan fingerprint density at radius 3 is 2.36 bits per heavy atom. The molecule has 0 unspecified atom stereocenters. The fraction of sp³-hybridized carbons (Fsp3) is 0.353. The molecule has 11 heteroatoms. The number of nitrogens with zero attached hydrogens (tertiary/aromatic N) is 7. The van der Waals surface area contributed by atoms with Crippen LogP contribution in [0.4, 0.5) is 18.9 Å². The Labute approximate surface area is 157 Å². The highest BCUT2D eigenvalue weighted by molar-refractivity contribution is 5.93. The number of rotatable bonds is 2. The fourth-order valence-electron chi connectivity index (χ4n) is 3.13. The average Bonchev–Trinajstić information content (AvgIpc) is 3.15. The standard InChI is InChI=1S/C17H16F3N7O/c1-11-13(22-23-16-21-15(17(18,19)20)24-27(11)16)14(28)26-9-7-25(8-10-26)12-5-3-2-4-6-12/h2-6H,7-10H2,1H3. The maximum atomic E-state index is 12.8. The Hall–Kier alpha value is -3.24. The van der Waals surface area contributed by atoms with E-state index in [1.807, 2.05) is 30.3 Å². The monoisotopic (exact) mass is 391 g/mol. The zero-order valence-electron chi connectivity index (χ0n) is 14.9. The van der Waals surface area contributed by atoms with Gasteiger partial charge in [0.2, 0.25) is 0 Å². The second kappa shape index (κ2) is 6.73. The summed E-state index contributed by atoms with van der Waals surface area (Å²) in [4.78, 5) is 19.9. The van der Waals surface area contributed by atoms with Crippen molar-refractivity contribution in [1.29, 1.82) is 0 Å². The number of amides is 1. The maximum absolute atomic E-state index is 12.8. The van der Waals surface area contributed by atoms with Crippen molar-refractivity contribution >= 4 is 17.4 Å². The molecule has 2 aromatic heterocycles. The normalized spacial score (nSPS) is 15.3. The second-order valence-electron chi connectivity index (χ2n) is 6.39. The van der Waals surface area contributed by atoms with Crippen LogP contribution in [0.1, 0.15) is 22.0 Å². The number of fused-ring (bicyclic) bond motifs is 1. The van der Waals surface area contributed by atoms with Crippen molar-refractivity contribution in [1.82, 2.24) is 29.7 Å². The molecule has 0 atom stereocenters. The fourth-order valence-corrected chi connectivity index (χ4v) is 3.13. The number of hydrogen-bond donors (Lipinski definition) is 0. The lowest BCUT2D eigenvalue weighted by Gasteiger charge is -2.36. The van der Waals surface area contributed by atoms with Crippen molar-refractivity contribution in [3.05, 3.63) is 47.5 Å². The summed E-state index contributed by atoms with van der Waals surface area (Å²) in [5.41, 5.74) is 1.22. The topological polar surface area (TPSA) is 79.5 Å². The lowest BCUT2D eigenvalue weighted by Crippen LogP contribution is -2.49. The highest BCUT2D eigenvalue weighted by atomic mass is 19.4. The third-order valence-corrected chi connectivity index (χ3v) is 4.63. The average molecular weight is 391 g/mol. The van der Waals surface area contributed by atoms with Gasteiger partial charge < -0.3 is 9.80 Å². The highest BCUT2D eigenvalue weighted by Crippen LogP contribution is 2.26. The minimum atomic E-state index is -4.70. The molecule has 1 fully saturated rings. The summed E-state index contributed by atoms with van der Waals surface area (Å²) in [6.07, 6.45) is -4.70. The molecule has 146 valence electrons. The van der Waals surface area contributed by atoms with Gasteiger partial charge in [-0.05, 0) is 19.1 Å². The Balaban J connectivity index is 1.54. The molecular formula is C17H16F3N7O. The van der Waals surface area contributed by atoms with Crippen LogP contribution in [0.25, 0.3) is 5.78 Å². The van der Waals surface area contributed by atoms with Gasteiger partial charge in [0.1, 0.15) is 0 Å². The first-order valence-electron chi connectivity index (χ1n) is 8.61. The first-order valence-corrected chi connectivity index (χ1v) is 8.61. The van der Waals surface area contributed by atoms with Gasteiger partial charge in [-0.3, -0.25) is 4.79 Å². The zero-order chi connectivity index (χ0) is 19.9. The van der Waals surface area contributed by atoms with Crippen molar-refractivity contribution in [2.45, 2.75) is 13.1 Å². The molecule has 1 aromatic carbocycles. The molecule has 0 saturated carbocycles. The number of hydrogen-bond acceptors (Lipinski definition) is 6. The van der Waals surface area contributed by atoms with Gasteiger partial charge >= 0.3 is 6.18 Å². The van der Waals surface area contributed by atoms with Gasteiger partial charge in [-0.1, -0.05) is 18.2 Å². The molecule has 1 amide bonds. The molecule has 3 heterocycles. The predicted octanol–water partition coefficient (Wildman–Crippen LogP) is 1.81. The molecule has 28 heavy (non-hydrogen) atoms. The van der Waals surface area contributed by atoms with E-state index in [1.54, 1.807) is 4.90 Å². The summed E-state index contributed by atoms with van der Waals surface area (Å²) in [7, 11) is 0. The third-order valence-electron chi connectivity index (χ3n) is 4.63. The maximum Gasteiger partial charge on any atom is 0.453 e. The molecule has 0 N–H and O–H groups in total. The molecule has 8 nitrogen and oxygen atoms in total. The number of aryl methyl sites for hydroxylation is 1. The van der Waals surface area contributed by atoms with E-state index in [1.165, 1.54) is 6.92 Å². The Bertz CT molecular complexity index is 1010. The molecule has 1 aliphatic heterocycles. The number of carbonyl (C=O) groups is 1. The van der Waals surface area contributed by atoms with E-state index < -0.39 is 12.0 Å². The summed E-state index contributed by atoms with van der Waals surface area (Å²) in [5.74, 6) is -2.00.